The normalized spacial score (nSPS) is 11.5. The van der Waals surface area contributed by atoms with Crippen LogP contribution in [0.3, 0.4) is 0 Å². The molecule has 0 aromatic heterocycles. The third-order valence-corrected chi connectivity index (χ3v) is 3.32. The molecule has 3 N–H and O–H groups in total. The highest BCUT2D eigenvalue weighted by atomic mass is 19.1. The van der Waals surface area contributed by atoms with Gasteiger partial charge >= 0.3 is 0 Å². The zero-order chi connectivity index (χ0) is 15.4. The minimum atomic E-state index is -0.628. The van der Waals surface area contributed by atoms with E-state index < -0.39 is 11.6 Å². The van der Waals surface area contributed by atoms with Crippen LogP contribution in [0.1, 0.15) is 25.8 Å². The molecule has 0 spiro atoms. The number of allylic oxidation sites excluding steroid dienone is 2. The van der Waals surface area contributed by atoms with E-state index in [1.54, 1.807) is 12.1 Å². The Morgan fingerprint density at radius 1 is 1.14 bits per heavy atom. The zero-order valence-corrected chi connectivity index (χ0v) is 12.1. The first-order chi connectivity index (χ1) is 10.0. The van der Waals surface area contributed by atoms with Crippen LogP contribution in [0.15, 0.2) is 42.5 Å². The van der Waals surface area contributed by atoms with E-state index in [1.807, 2.05) is 26.0 Å². The highest BCUT2D eigenvalue weighted by molar-refractivity contribution is 5.81. The van der Waals surface area contributed by atoms with Crippen molar-refractivity contribution in [2.24, 2.45) is 0 Å². The molecule has 0 fully saturated rings. The molecule has 2 aromatic carbocycles. The molecule has 0 radical (unpaired) electrons. The maximum Gasteiger partial charge on any atom is 0.149 e. The average molecular weight is 288 g/mol. The van der Waals surface area contributed by atoms with Gasteiger partial charge in [0.15, 0.2) is 0 Å². The molecule has 0 saturated carbocycles. The predicted molar refractivity (Wildman–Crippen MR) is 84.4 cm³/mol. The molecule has 0 bridgehead atoms. The first-order valence-corrected chi connectivity index (χ1v) is 6.82. The first kappa shape index (κ1) is 15.0. The van der Waals surface area contributed by atoms with Gasteiger partial charge in [0.1, 0.15) is 11.6 Å². The molecule has 0 heterocycles. The van der Waals surface area contributed by atoms with Crippen molar-refractivity contribution in [2.45, 2.75) is 20.3 Å². The van der Waals surface area contributed by atoms with Crippen molar-refractivity contribution < 1.29 is 8.78 Å². The molecule has 21 heavy (non-hydrogen) atoms. The minimum Gasteiger partial charge on any atom is -0.399 e. The SMILES string of the molecule is C/C=C(\CC)c1cc(N)ccc1Nc1ccc(F)cc1F. The second kappa shape index (κ2) is 6.39. The van der Waals surface area contributed by atoms with Gasteiger partial charge in [-0.1, -0.05) is 13.0 Å². The van der Waals surface area contributed by atoms with Crippen molar-refractivity contribution in [3.05, 3.63) is 59.7 Å². The Morgan fingerprint density at radius 2 is 1.86 bits per heavy atom. The Bertz CT molecular complexity index is 678. The van der Waals surface area contributed by atoms with Gasteiger partial charge in [-0.15, -0.1) is 0 Å². The van der Waals surface area contributed by atoms with Gasteiger partial charge in [0.05, 0.1) is 5.69 Å². The van der Waals surface area contributed by atoms with Gasteiger partial charge in [0.25, 0.3) is 0 Å². The number of halogens is 2. The predicted octanol–water partition coefficient (Wildman–Crippen LogP) is 5.10. The van der Waals surface area contributed by atoms with Crippen molar-refractivity contribution in [1.29, 1.82) is 0 Å². The van der Waals surface area contributed by atoms with Crippen LogP contribution in [-0.2, 0) is 0 Å². The number of nitrogens with two attached hydrogens (primary N) is 1. The molecule has 0 aliphatic rings. The summed E-state index contributed by atoms with van der Waals surface area (Å²) in [5.41, 5.74) is 9.48. The zero-order valence-electron chi connectivity index (χ0n) is 12.1. The van der Waals surface area contributed by atoms with Gasteiger partial charge in [0, 0.05) is 23.0 Å². The van der Waals surface area contributed by atoms with Crippen molar-refractivity contribution in [2.75, 3.05) is 11.1 Å². The number of hydrogen-bond donors (Lipinski definition) is 2. The summed E-state index contributed by atoms with van der Waals surface area (Å²) in [5, 5.41) is 3.01. The van der Waals surface area contributed by atoms with E-state index in [-0.39, 0.29) is 5.69 Å². The number of hydrogen-bond acceptors (Lipinski definition) is 2. The van der Waals surface area contributed by atoms with Crippen molar-refractivity contribution in [3.63, 3.8) is 0 Å². The molecule has 2 nitrogen and oxygen atoms in total. The summed E-state index contributed by atoms with van der Waals surface area (Å²) in [7, 11) is 0. The smallest absolute Gasteiger partial charge is 0.149 e. The number of anilines is 3. The van der Waals surface area contributed by atoms with Crippen LogP contribution >= 0.6 is 0 Å². The molecule has 2 aromatic rings. The van der Waals surface area contributed by atoms with E-state index in [9.17, 15) is 8.78 Å². The van der Waals surface area contributed by atoms with Crippen molar-refractivity contribution >= 4 is 22.6 Å². The molecule has 0 atom stereocenters. The van der Waals surface area contributed by atoms with E-state index in [4.69, 9.17) is 5.73 Å². The largest absolute Gasteiger partial charge is 0.399 e. The maximum atomic E-state index is 13.8. The number of benzene rings is 2. The van der Waals surface area contributed by atoms with Crippen molar-refractivity contribution in [1.82, 2.24) is 0 Å². The second-order valence-corrected chi connectivity index (χ2v) is 4.72. The molecule has 4 heteroatoms. The quantitative estimate of drug-likeness (QED) is 0.768. The van der Waals surface area contributed by atoms with Crippen LogP contribution in [0.2, 0.25) is 0 Å². The second-order valence-electron chi connectivity index (χ2n) is 4.72. The van der Waals surface area contributed by atoms with E-state index in [0.29, 0.717) is 5.69 Å². The third kappa shape index (κ3) is 3.40. The molecule has 0 saturated heterocycles. The van der Waals surface area contributed by atoms with E-state index in [2.05, 4.69) is 5.32 Å². The summed E-state index contributed by atoms with van der Waals surface area (Å²) in [6, 6.07) is 8.85. The fourth-order valence-corrected chi connectivity index (χ4v) is 2.22. The number of rotatable bonds is 4. The van der Waals surface area contributed by atoms with Crippen LogP contribution < -0.4 is 11.1 Å². The molecule has 0 unspecified atom stereocenters. The Hall–Kier alpha value is -2.36. The molecule has 0 amide bonds. The third-order valence-electron chi connectivity index (χ3n) is 3.32. The lowest BCUT2D eigenvalue weighted by Gasteiger charge is -2.15. The van der Waals surface area contributed by atoms with E-state index in [0.717, 1.165) is 29.3 Å². The van der Waals surface area contributed by atoms with Crippen LogP contribution in [0, 0.1) is 11.6 Å². The highest BCUT2D eigenvalue weighted by Gasteiger charge is 2.10. The van der Waals surface area contributed by atoms with Crippen LogP contribution in [0.25, 0.3) is 5.57 Å². The lowest BCUT2D eigenvalue weighted by Crippen LogP contribution is -1.99. The highest BCUT2D eigenvalue weighted by Crippen LogP contribution is 2.31. The van der Waals surface area contributed by atoms with Gasteiger partial charge in [-0.25, -0.2) is 8.78 Å². The first-order valence-electron chi connectivity index (χ1n) is 6.82. The Labute approximate surface area is 123 Å². The van der Waals surface area contributed by atoms with Gasteiger partial charge in [-0.3, -0.25) is 0 Å². The minimum absolute atomic E-state index is 0.231. The van der Waals surface area contributed by atoms with Crippen LogP contribution in [0.4, 0.5) is 25.8 Å². The molecule has 0 aliphatic heterocycles. The molecule has 2 rings (SSSR count). The average Bonchev–Trinajstić information content (AvgIpc) is 2.45. The number of nitrogen functional groups attached to an aromatic ring is 1. The Kier molecular flexibility index (Phi) is 4.58. The Balaban J connectivity index is 2.44. The van der Waals surface area contributed by atoms with E-state index in [1.165, 1.54) is 12.1 Å². The molecular formula is C17H18F2N2. The fourth-order valence-electron chi connectivity index (χ4n) is 2.22. The summed E-state index contributed by atoms with van der Waals surface area (Å²) < 4.78 is 26.7. The van der Waals surface area contributed by atoms with Crippen LogP contribution in [0.5, 0.6) is 0 Å². The van der Waals surface area contributed by atoms with Crippen molar-refractivity contribution in [3.8, 4) is 0 Å². The van der Waals surface area contributed by atoms with Gasteiger partial charge in [-0.2, -0.15) is 0 Å². The van der Waals surface area contributed by atoms with Crippen LogP contribution in [-0.4, -0.2) is 0 Å². The molecule has 110 valence electrons. The lowest BCUT2D eigenvalue weighted by atomic mass is 10.0. The summed E-state index contributed by atoms with van der Waals surface area (Å²) >= 11 is 0. The summed E-state index contributed by atoms with van der Waals surface area (Å²) in [4.78, 5) is 0. The van der Waals surface area contributed by atoms with Gasteiger partial charge in [-0.05, 0) is 49.2 Å². The topological polar surface area (TPSA) is 38.0 Å². The lowest BCUT2D eigenvalue weighted by molar-refractivity contribution is 0.586. The monoisotopic (exact) mass is 288 g/mol. The maximum absolute atomic E-state index is 13.8. The fraction of sp³-hybridized carbons (Fsp3) is 0.176. The van der Waals surface area contributed by atoms with E-state index >= 15 is 0 Å². The summed E-state index contributed by atoms with van der Waals surface area (Å²) in [6.45, 7) is 3.99. The summed E-state index contributed by atoms with van der Waals surface area (Å²) in [6.07, 6.45) is 2.83. The van der Waals surface area contributed by atoms with Gasteiger partial charge in [0.2, 0.25) is 0 Å². The molecular weight excluding hydrogens is 270 g/mol. The van der Waals surface area contributed by atoms with Gasteiger partial charge < -0.3 is 11.1 Å². The molecule has 0 aliphatic carbocycles. The summed E-state index contributed by atoms with van der Waals surface area (Å²) in [5.74, 6) is -1.23. The standard InChI is InChI=1S/C17H18F2N2/c1-3-11(4-2)14-10-13(20)6-8-16(14)21-17-7-5-12(18)9-15(17)19/h3,5-10,21H,4,20H2,1-2H3/b11-3+. The number of nitrogens with one attached hydrogen (secondary N) is 1. The Morgan fingerprint density at radius 3 is 2.48 bits per heavy atom.